The van der Waals surface area contributed by atoms with E-state index in [4.69, 9.17) is 0 Å². The van der Waals surface area contributed by atoms with Crippen LogP contribution in [0.4, 0.5) is 0 Å². The summed E-state index contributed by atoms with van der Waals surface area (Å²) < 4.78 is 1.93. The summed E-state index contributed by atoms with van der Waals surface area (Å²) in [6, 6.07) is 0. The summed E-state index contributed by atoms with van der Waals surface area (Å²) in [4.78, 5) is 15.4. The second-order valence-electron chi connectivity index (χ2n) is 4.09. The van der Waals surface area contributed by atoms with Gasteiger partial charge in [-0.2, -0.15) is 0 Å². The van der Waals surface area contributed by atoms with Crippen molar-refractivity contribution < 1.29 is 9.90 Å². The molecule has 0 bridgehead atoms. The third-order valence-corrected chi connectivity index (χ3v) is 3.71. The molecule has 17 heavy (non-hydrogen) atoms. The van der Waals surface area contributed by atoms with Crippen molar-refractivity contribution in [2.45, 2.75) is 31.0 Å². The van der Waals surface area contributed by atoms with Gasteiger partial charge in [0.15, 0.2) is 5.16 Å². The monoisotopic (exact) mass is 257 g/mol. The molecule has 96 valence electrons. The number of aliphatic carboxylic acids is 1. The summed E-state index contributed by atoms with van der Waals surface area (Å²) in [6.07, 6.45) is 4.18. The molecule has 0 fully saturated rings. The van der Waals surface area contributed by atoms with Crippen LogP contribution in [0.2, 0.25) is 0 Å². The number of thioether (sulfide) groups is 1. The highest BCUT2D eigenvalue weighted by atomic mass is 32.2. The van der Waals surface area contributed by atoms with Gasteiger partial charge in [-0.3, -0.25) is 4.79 Å². The van der Waals surface area contributed by atoms with Crippen LogP contribution in [0.15, 0.2) is 17.6 Å². The van der Waals surface area contributed by atoms with Crippen molar-refractivity contribution >= 4 is 17.7 Å². The molecule has 2 N–H and O–H groups in total. The molecule has 1 atom stereocenters. The predicted molar refractivity (Wildman–Crippen MR) is 68.3 cm³/mol. The van der Waals surface area contributed by atoms with Gasteiger partial charge in [-0.05, 0) is 19.9 Å². The molecule has 6 heteroatoms. The number of nitrogens with zero attached hydrogens (tertiary/aromatic N) is 2. The molecule has 0 aliphatic heterocycles. The van der Waals surface area contributed by atoms with Gasteiger partial charge in [0.25, 0.3) is 0 Å². The average molecular weight is 257 g/mol. The van der Waals surface area contributed by atoms with Crippen LogP contribution in [0.1, 0.15) is 20.3 Å². The standard InChI is InChI=1S/C11H19N3O2S/c1-4-13-11(2,9(15)16)5-8-17-10-12-6-7-14(10)3/h6-7,13H,4-5,8H2,1-3H3,(H,15,16). The van der Waals surface area contributed by atoms with Crippen LogP contribution >= 0.6 is 11.8 Å². The van der Waals surface area contributed by atoms with Crippen LogP contribution in [-0.4, -0.2) is 38.5 Å². The molecule has 0 spiro atoms. The maximum Gasteiger partial charge on any atom is 0.323 e. The molecule has 1 unspecified atom stereocenters. The first-order valence-electron chi connectivity index (χ1n) is 5.58. The minimum Gasteiger partial charge on any atom is -0.480 e. The molecule has 1 aromatic heterocycles. The molecular formula is C11H19N3O2S. The van der Waals surface area contributed by atoms with Crippen molar-refractivity contribution in [2.24, 2.45) is 7.05 Å². The number of hydrogen-bond donors (Lipinski definition) is 2. The van der Waals surface area contributed by atoms with Gasteiger partial charge in [-0.1, -0.05) is 18.7 Å². The van der Waals surface area contributed by atoms with E-state index < -0.39 is 11.5 Å². The van der Waals surface area contributed by atoms with Crippen molar-refractivity contribution in [3.8, 4) is 0 Å². The zero-order valence-corrected chi connectivity index (χ0v) is 11.3. The first-order chi connectivity index (χ1) is 7.99. The minimum atomic E-state index is -0.854. The third-order valence-electron chi connectivity index (χ3n) is 2.65. The highest BCUT2D eigenvalue weighted by Gasteiger charge is 2.31. The van der Waals surface area contributed by atoms with Gasteiger partial charge in [0.05, 0.1) is 0 Å². The van der Waals surface area contributed by atoms with Crippen LogP contribution in [0, 0.1) is 0 Å². The normalized spacial score (nSPS) is 14.5. The predicted octanol–water partition coefficient (Wildman–Crippen LogP) is 1.36. The highest BCUT2D eigenvalue weighted by molar-refractivity contribution is 7.99. The van der Waals surface area contributed by atoms with Crippen LogP contribution in [0.25, 0.3) is 0 Å². The van der Waals surface area contributed by atoms with Crippen molar-refractivity contribution in [2.75, 3.05) is 12.3 Å². The summed E-state index contributed by atoms with van der Waals surface area (Å²) in [5, 5.41) is 13.1. The zero-order chi connectivity index (χ0) is 12.9. The fourth-order valence-corrected chi connectivity index (χ4v) is 2.59. The molecule has 0 aliphatic rings. The van der Waals surface area contributed by atoms with Gasteiger partial charge in [0, 0.05) is 25.2 Å². The fourth-order valence-electron chi connectivity index (χ4n) is 1.50. The lowest BCUT2D eigenvalue weighted by Gasteiger charge is -2.25. The summed E-state index contributed by atoms with van der Waals surface area (Å²) >= 11 is 1.57. The van der Waals surface area contributed by atoms with Crippen molar-refractivity contribution in [3.63, 3.8) is 0 Å². The van der Waals surface area contributed by atoms with E-state index >= 15 is 0 Å². The Labute approximate surface area is 106 Å². The van der Waals surface area contributed by atoms with E-state index in [-0.39, 0.29) is 0 Å². The fraction of sp³-hybridized carbons (Fsp3) is 0.636. The van der Waals surface area contributed by atoms with Crippen molar-refractivity contribution in [1.29, 1.82) is 0 Å². The quantitative estimate of drug-likeness (QED) is 0.722. The Morgan fingerprint density at radius 2 is 2.41 bits per heavy atom. The minimum absolute atomic E-state index is 0.563. The van der Waals surface area contributed by atoms with Gasteiger partial charge >= 0.3 is 5.97 Å². The molecule has 5 nitrogen and oxygen atoms in total. The first kappa shape index (κ1) is 14.1. The average Bonchev–Trinajstić information content (AvgIpc) is 2.65. The molecule has 1 aromatic rings. The van der Waals surface area contributed by atoms with E-state index in [0.29, 0.717) is 13.0 Å². The smallest absolute Gasteiger partial charge is 0.323 e. The second-order valence-corrected chi connectivity index (χ2v) is 5.15. The summed E-state index contributed by atoms with van der Waals surface area (Å²) in [6.45, 7) is 4.28. The Balaban J connectivity index is 2.48. The molecule has 1 heterocycles. The van der Waals surface area contributed by atoms with E-state index in [2.05, 4.69) is 10.3 Å². The van der Waals surface area contributed by atoms with Crippen LogP contribution in [-0.2, 0) is 11.8 Å². The lowest BCUT2D eigenvalue weighted by molar-refractivity contribution is -0.144. The maximum absolute atomic E-state index is 11.2. The third kappa shape index (κ3) is 3.74. The van der Waals surface area contributed by atoms with Crippen LogP contribution in [0.3, 0.4) is 0 Å². The number of carboxylic acids is 1. The molecule has 0 amide bonds. The lowest BCUT2D eigenvalue weighted by Crippen LogP contribution is -2.49. The number of likely N-dealkylation sites (N-methyl/N-ethyl adjacent to an activating group) is 1. The molecule has 0 radical (unpaired) electrons. The second kappa shape index (κ2) is 6.07. The van der Waals surface area contributed by atoms with Gasteiger partial charge in [-0.25, -0.2) is 4.98 Å². The van der Waals surface area contributed by atoms with Crippen molar-refractivity contribution in [3.05, 3.63) is 12.4 Å². The van der Waals surface area contributed by atoms with E-state index in [1.807, 2.05) is 24.7 Å². The molecule has 0 aromatic carbocycles. The summed E-state index contributed by atoms with van der Waals surface area (Å²) in [7, 11) is 1.93. The number of nitrogens with one attached hydrogen (secondary N) is 1. The van der Waals surface area contributed by atoms with Crippen LogP contribution < -0.4 is 5.32 Å². The van der Waals surface area contributed by atoms with E-state index in [1.54, 1.807) is 24.9 Å². The zero-order valence-electron chi connectivity index (χ0n) is 10.4. The topological polar surface area (TPSA) is 67.2 Å². The Morgan fingerprint density at radius 3 is 2.88 bits per heavy atom. The van der Waals surface area contributed by atoms with E-state index in [9.17, 15) is 9.90 Å². The maximum atomic E-state index is 11.2. The molecule has 0 saturated carbocycles. The largest absolute Gasteiger partial charge is 0.480 e. The van der Waals surface area contributed by atoms with Gasteiger partial charge in [-0.15, -0.1) is 0 Å². The first-order valence-corrected chi connectivity index (χ1v) is 6.56. The van der Waals surface area contributed by atoms with E-state index in [1.165, 1.54) is 0 Å². The summed E-state index contributed by atoms with van der Waals surface area (Å²) in [5.41, 5.74) is -0.854. The van der Waals surface area contributed by atoms with Gasteiger partial charge in [0.1, 0.15) is 5.54 Å². The van der Waals surface area contributed by atoms with Gasteiger partial charge in [0.2, 0.25) is 0 Å². The number of aryl methyl sites for hydroxylation is 1. The number of carboxylic acid groups (broad SMARTS) is 1. The lowest BCUT2D eigenvalue weighted by atomic mass is 9.99. The van der Waals surface area contributed by atoms with Crippen LogP contribution in [0.5, 0.6) is 0 Å². The Bertz CT molecular complexity index is 381. The molecular weight excluding hydrogens is 238 g/mol. The Hall–Kier alpha value is -1.01. The molecule has 0 aliphatic carbocycles. The highest BCUT2D eigenvalue weighted by Crippen LogP contribution is 2.20. The number of hydrogen-bond acceptors (Lipinski definition) is 4. The number of aromatic nitrogens is 2. The Morgan fingerprint density at radius 1 is 1.71 bits per heavy atom. The van der Waals surface area contributed by atoms with Crippen molar-refractivity contribution in [1.82, 2.24) is 14.9 Å². The van der Waals surface area contributed by atoms with E-state index in [0.717, 1.165) is 10.9 Å². The van der Waals surface area contributed by atoms with Gasteiger partial charge < -0.3 is 15.0 Å². The number of imidazole rings is 1. The molecule has 0 saturated heterocycles. The summed E-state index contributed by atoms with van der Waals surface area (Å²) in [5.74, 6) is -0.0829. The number of carbonyl (C=O) groups is 1. The Kier molecular flexibility index (Phi) is 5.02. The number of rotatable bonds is 7. The SMILES string of the molecule is CCNC(C)(CCSc1nccn1C)C(=O)O. The molecule has 1 rings (SSSR count).